The average molecular weight is 433 g/mol. The van der Waals surface area contributed by atoms with Crippen LogP contribution in [0.4, 0.5) is 0 Å². The summed E-state index contributed by atoms with van der Waals surface area (Å²) in [4.78, 5) is 30.5. The minimum Gasteiger partial charge on any atom is -0.462 e. The van der Waals surface area contributed by atoms with Gasteiger partial charge in [-0.1, -0.05) is 6.92 Å². The fraction of sp³-hybridized carbons (Fsp3) is 0.400. The molecule has 1 saturated carbocycles. The van der Waals surface area contributed by atoms with Crippen molar-refractivity contribution in [3.8, 4) is 0 Å². The first-order valence-corrected chi connectivity index (χ1v) is 11.3. The maximum absolute atomic E-state index is 13.2. The van der Waals surface area contributed by atoms with Crippen molar-refractivity contribution >= 4 is 37.8 Å². The van der Waals surface area contributed by atoms with E-state index in [4.69, 9.17) is 4.74 Å². The largest absolute Gasteiger partial charge is 0.462 e. The Morgan fingerprint density at radius 2 is 2.10 bits per heavy atom. The average Bonchev–Trinajstić information content (AvgIpc) is 3.46. The van der Waals surface area contributed by atoms with E-state index in [9.17, 15) is 23.1 Å². The number of nitrogens with one attached hydrogen (secondary N) is 2. The molecule has 1 aliphatic carbocycles. The fourth-order valence-corrected chi connectivity index (χ4v) is 5.30. The molecule has 3 N–H and O–H groups in total. The fourth-order valence-electron chi connectivity index (χ4n) is 3.60. The second kappa shape index (κ2) is 7.86. The molecule has 0 unspecified atom stereocenters. The molecule has 0 spiro atoms. The number of nitrogens with zero attached hydrogens (tertiary/aromatic N) is 1. The first-order valence-electron chi connectivity index (χ1n) is 9.85. The van der Waals surface area contributed by atoms with Gasteiger partial charge < -0.3 is 19.8 Å². The van der Waals surface area contributed by atoms with Crippen molar-refractivity contribution in [2.45, 2.75) is 37.1 Å². The topological polar surface area (TPSA) is 133 Å². The number of aliphatic hydroxyl groups excluding tert-OH is 1. The van der Waals surface area contributed by atoms with Gasteiger partial charge >= 0.3 is 5.97 Å². The molecule has 1 fully saturated rings. The maximum Gasteiger partial charge on any atom is 0.340 e. The number of aromatic amines is 2. The third-order valence-electron chi connectivity index (χ3n) is 5.15. The molecule has 30 heavy (non-hydrogen) atoms. The first kappa shape index (κ1) is 20.6. The van der Waals surface area contributed by atoms with Crippen LogP contribution in [0.2, 0.25) is 0 Å². The lowest BCUT2D eigenvalue weighted by Gasteiger charge is -2.21. The van der Waals surface area contributed by atoms with Gasteiger partial charge in [0.25, 0.3) is 5.56 Å². The van der Waals surface area contributed by atoms with Gasteiger partial charge in [0.1, 0.15) is 5.52 Å². The molecule has 160 valence electrons. The molecular weight excluding hydrogens is 410 g/mol. The zero-order chi connectivity index (χ0) is 21.5. The highest BCUT2D eigenvalue weighted by Crippen LogP contribution is 2.33. The molecule has 0 aliphatic heterocycles. The lowest BCUT2D eigenvalue weighted by Crippen LogP contribution is -2.35. The second-order valence-corrected chi connectivity index (χ2v) is 9.21. The summed E-state index contributed by atoms with van der Waals surface area (Å²) >= 11 is 0. The van der Waals surface area contributed by atoms with Crippen molar-refractivity contribution in [1.29, 1.82) is 0 Å². The zero-order valence-electron chi connectivity index (χ0n) is 16.5. The Hall–Kier alpha value is -2.69. The van der Waals surface area contributed by atoms with Crippen molar-refractivity contribution in [3.05, 3.63) is 40.3 Å². The molecule has 1 aromatic carbocycles. The van der Waals surface area contributed by atoms with Crippen molar-refractivity contribution in [3.63, 3.8) is 0 Å². The van der Waals surface area contributed by atoms with E-state index in [0.29, 0.717) is 22.7 Å². The summed E-state index contributed by atoms with van der Waals surface area (Å²) in [5.41, 5.74) is 0.353. The molecule has 2 heterocycles. The van der Waals surface area contributed by atoms with E-state index in [-0.39, 0.29) is 41.8 Å². The molecule has 0 atom stereocenters. The smallest absolute Gasteiger partial charge is 0.340 e. The standard InChI is InChI=1S/C20H23N3O6S/c1-2-9-29-20(26)15-11-21-18-17(15)14-10-13(5-6-16(14)22-19(18)25)30(27,28)23(7-8-24)12-3-4-12/h5-6,10-12,21,24H,2-4,7-9H2,1H3,(H,22,25). The van der Waals surface area contributed by atoms with Gasteiger partial charge in [0.2, 0.25) is 10.0 Å². The predicted molar refractivity (Wildman–Crippen MR) is 111 cm³/mol. The number of hydrogen-bond acceptors (Lipinski definition) is 6. The van der Waals surface area contributed by atoms with E-state index in [0.717, 1.165) is 12.8 Å². The first-order chi connectivity index (χ1) is 14.4. The van der Waals surface area contributed by atoms with Gasteiger partial charge in [0, 0.05) is 35.1 Å². The maximum atomic E-state index is 13.2. The number of benzene rings is 1. The number of H-pyrrole nitrogens is 2. The molecule has 1 aliphatic rings. The van der Waals surface area contributed by atoms with E-state index >= 15 is 0 Å². The predicted octanol–water partition coefficient (Wildman–Crippen LogP) is 1.72. The molecule has 0 radical (unpaired) electrons. The number of aromatic nitrogens is 2. The summed E-state index contributed by atoms with van der Waals surface area (Å²) in [6, 6.07) is 4.29. The number of fused-ring (bicyclic) bond motifs is 3. The molecule has 0 saturated heterocycles. The second-order valence-electron chi connectivity index (χ2n) is 7.32. The van der Waals surface area contributed by atoms with Crippen LogP contribution < -0.4 is 5.56 Å². The molecule has 10 heteroatoms. The van der Waals surface area contributed by atoms with Gasteiger partial charge in [-0.3, -0.25) is 4.79 Å². The highest BCUT2D eigenvalue weighted by Gasteiger charge is 2.37. The number of carbonyl (C=O) groups excluding carboxylic acids is 1. The van der Waals surface area contributed by atoms with E-state index in [1.54, 1.807) is 0 Å². The quantitative estimate of drug-likeness (QED) is 0.464. The molecule has 3 aromatic rings. The number of aliphatic hydroxyl groups is 1. The van der Waals surface area contributed by atoms with Gasteiger partial charge in [-0.05, 0) is 37.5 Å². The van der Waals surface area contributed by atoms with Crippen LogP contribution in [-0.4, -0.2) is 59.6 Å². The number of sulfonamides is 1. The molecule has 9 nitrogen and oxygen atoms in total. The highest BCUT2D eigenvalue weighted by molar-refractivity contribution is 7.89. The van der Waals surface area contributed by atoms with Crippen LogP contribution in [0.5, 0.6) is 0 Å². The Balaban J connectivity index is 1.90. The summed E-state index contributed by atoms with van der Waals surface area (Å²) in [6.45, 7) is 1.86. The van der Waals surface area contributed by atoms with Gasteiger partial charge in [-0.15, -0.1) is 0 Å². The number of carbonyl (C=O) groups is 1. The molecule has 2 aromatic heterocycles. The summed E-state index contributed by atoms with van der Waals surface area (Å²) in [5.74, 6) is -0.580. The Bertz CT molecular complexity index is 1270. The van der Waals surface area contributed by atoms with E-state index in [2.05, 4.69) is 9.97 Å². The van der Waals surface area contributed by atoms with Gasteiger partial charge in [-0.25, -0.2) is 13.2 Å². The third-order valence-corrected chi connectivity index (χ3v) is 7.10. The normalized spacial score (nSPS) is 14.6. The van der Waals surface area contributed by atoms with Crippen LogP contribution in [0.3, 0.4) is 0 Å². The van der Waals surface area contributed by atoms with Crippen LogP contribution in [0.15, 0.2) is 34.1 Å². The molecule has 0 bridgehead atoms. The number of ether oxygens (including phenoxy) is 1. The Kier molecular flexibility index (Phi) is 5.39. The van der Waals surface area contributed by atoms with Crippen LogP contribution >= 0.6 is 0 Å². The third kappa shape index (κ3) is 3.51. The lowest BCUT2D eigenvalue weighted by atomic mass is 10.1. The Morgan fingerprint density at radius 3 is 2.77 bits per heavy atom. The number of pyridine rings is 1. The van der Waals surface area contributed by atoms with Gasteiger partial charge in [0.05, 0.1) is 23.7 Å². The molecular formula is C20H23N3O6S. The lowest BCUT2D eigenvalue weighted by molar-refractivity contribution is 0.0507. The van der Waals surface area contributed by atoms with Crippen molar-refractivity contribution < 1.29 is 23.1 Å². The van der Waals surface area contributed by atoms with Crippen molar-refractivity contribution in [2.75, 3.05) is 19.8 Å². The van der Waals surface area contributed by atoms with Gasteiger partial charge in [0.15, 0.2) is 0 Å². The van der Waals surface area contributed by atoms with Crippen LogP contribution in [0.1, 0.15) is 36.5 Å². The zero-order valence-corrected chi connectivity index (χ0v) is 17.3. The molecule has 0 amide bonds. The number of esters is 1. The van der Waals surface area contributed by atoms with Gasteiger partial charge in [-0.2, -0.15) is 4.31 Å². The van der Waals surface area contributed by atoms with E-state index < -0.39 is 21.6 Å². The summed E-state index contributed by atoms with van der Waals surface area (Å²) in [5, 5.41) is 10.1. The summed E-state index contributed by atoms with van der Waals surface area (Å²) in [6.07, 6.45) is 3.58. The van der Waals surface area contributed by atoms with Crippen LogP contribution in [-0.2, 0) is 14.8 Å². The van der Waals surface area contributed by atoms with Crippen molar-refractivity contribution in [2.24, 2.45) is 0 Å². The monoisotopic (exact) mass is 433 g/mol. The highest BCUT2D eigenvalue weighted by atomic mass is 32.2. The van der Waals surface area contributed by atoms with Crippen LogP contribution in [0.25, 0.3) is 21.8 Å². The Labute approximate surface area is 172 Å². The minimum absolute atomic E-state index is 0.0187. The molecule has 4 rings (SSSR count). The van der Waals surface area contributed by atoms with Crippen molar-refractivity contribution in [1.82, 2.24) is 14.3 Å². The SMILES string of the molecule is CCCOC(=O)c1c[nH]c2c(=O)[nH]c3ccc(S(=O)(=O)N(CCO)C4CC4)cc3c12. The van der Waals surface area contributed by atoms with E-state index in [1.807, 2.05) is 6.92 Å². The minimum atomic E-state index is -3.85. The number of hydrogen-bond donors (Lipinski definition) is 3. The summed E-state index contributed by atoms with van der Waals surface area (Å²) in [7, 11) is -3.85. The van der Waals surface area contributed by atoms with E-state index in [1.165, 1.54) is 28.7 Å². The Morgan fingerprint density at radius 1 is 1.33 bits per heavy atom. The summed E-state index contributed by atoms with van der Waals surface area (Å²) < 4.78 is 32.9. The van der Waals surface area contributed by atoms with Crippen LogP contribution in [0, 0.1) is 0 Å². The number of rotatable bonds is 8.